The SMILES string of the molecule is CC1(C)C=CC(S(=O)[O-])C2(C)C=CC12C. The molecule has 2 aliphatic carbocycles. The predicted molar refractivity (Wildman–Crippen MR) is 61.0 cm³/mol. The summed E-state index contributed by atoms with van der Waals surface area (Å²) in [7, 11) is 0. The zero-order valence-corrected chi connectivity index (χ0v) is 10.4. The van der Waals surface area contributed by atoms with E-state index in [2.05, 4.69) is 26.8 Å². The fraction of sp³-hybridized carbons (Fsp3) is 0.667. The maximum absolute atomic E-state index is 11.2. The monoisotopic (exact) mass is 225 g/mol. The van der Waals surface area contributed by atoms with E-state index >= 15 is 0 Å². The molecule has 0 heterocycles. The van der Waals surface area contributed by atoms with Crippen LogP contribution in [0.2, 0.25) is 0 Å². The fourth-order valence-electron chi connectivity index (χ4n) is 2.86. The first-order valence-electron chi connectivity index (χ1n) is 5.22. The quantitative estimate of drug-likeness (QED) is 0.508. The van der Waals surface area contributed by atoms with E-state index in [9.17, 15) is 8.76 Å². The van der Waals surface area contributed by atoms with Crippen LogP contribution in [0.5, 0.6) is 0 Å². The summed E-state index contributed by atoms with van der Waals surface area (Å²) in [6.45, 7) is 8.51. The van der Waals surface area contributed by atoms with Gasteiger partial charge in [-0.1, -0.05) is 52.0 Å². The molecule has 2 rings (SSSR count). The van der Waals surface area contributed by atoms with E-state index in [0.717, 1.165) is 0 Å². The highest BCUT2D eigenvalue weighted by molar-refractivity contribution is 7.80. The third-order valence-electron chi connectivity index (χ3n) is 4.71. The third-order valence-corrected chi connectivity index (χ3v) is 5.77. The Morgan fingerprint density at radius 2 is 1.73 bits per heavy atom. The molecule has 0 saturated carbocycles. The van der Waals surface area contributed by atoms with Crippen LogP contribution in [-0.2, 0) is 11.1 Å². The molecule has 0 radical (unpaired) electrons. The minimum Gasteiger partial charge on any atom is -0.772 e. The van der Waals surface area contributed by atoms with Crippen LogP contribution in [0.15, 0.2) is 24.3 Å². The summed E-state index contributed by atoms with van der Waals surface area (Å²) in [6, 6.07) is 0. The topological polar surface area (TPSA) is 40.1 Å². The van der Waals surface area contributed by atoms with Gasteiger partial charge in [-0.2, -0.15) is 0 Å². The lowest BCUT2D eigenvalue weighted by atomic mass is 9.44. The molecular formula is C12H17O2S-. The fourth-order valence-corrected chi connectivity index (χ4v) is 3.79. The van der Waals surface area contributed by atoms with Gasteiger partial charge in [-0.15, -0.1) is 0 Å². The Hall–Kier alpha value is -0.410. The second kappa shape index (κ2) is 2.83. The van der Waals surface area contributed by atoms with Crippen molar-refractivity contribution in [2.75, 3.05) is 0 Å². The van der Waals surface area contributed by atoms with Gasteiger partial charge in [0.1, 0.15) is 0 Å². The summed E-state index contributed by atoms with van der Waals surface area (Å²) < 4.78 is 22.4. The van der Waals surface area contributed by atoms with Crippen molar-refractivity contribution in [2.45, 2.75) is 32.9 Å². The van der Waals surface area contributed by atoms with E-state index in [0.29, 0.717) is 0 Å². The Morgan fingerprint density at radius 3 is 2.13 bits per heavy atom. The van der Waals surface area contributed by atoms with E-state index in [-0.39, 0.29) is 21.5 Å². The summed E-state index contributed by atoms with van der Waals surface area (Å²) in [5.74, 6) is 0. The lowest BCUT2D eigenvalue weighted by molar-refractivity contribution is 0.0278. The molecule has 0 amide bonds. The molecular weight excluding hydrogens is 208 g/mol. The molecule has 0 aromatic carbocycles. The normalized spacial score (nSPS) is 48.2. The summed E-state index contributed by atoms with van der Waals surface area (Å²) in [5.41, 5.74) is -0.288. The molecule has 0 aromatic heterocycles. The van der Waals surface area contributed by atoms with Gasteiger partial charge >= 0.3 is 0 Å². The highest BCUT2D eigenvalue weighted by Gasteiger charge is 2.60. The van der Waals surface area contributed by atoms with Crippen molar-refractivity contribution in [3.63, 3.8) is 0 Å². The largest absolute Gasteiger partial charge is 0.772 e. The summed E-state index contributed by atoms with van der Waals surface area (Å²) >= 11 is -2.04. The molecule has 2 aliphatic rings. The van der Waals surface area contributed by atoms with Crippen molar-refractivity contribution >= 4 is 11.1 Å². The van der Waals surface area contributed by atoms with Gasteiger partial charge in [-0.3, -0.25) is 4.21 Å². The smallest absolute Gasteiger partial charge is 0.0492 e. The van der Waals surface area contributed by atoms with Crippen LogP contribution in [0.3, 0.4) is 0 Å². The van der Waals surface area contributed by atoms with E-state index in [4.69, 9.17) is 0 Å². The minimum absolute atomic E-state index is 0.0202. The molecule has 0 bridgehead atoms. The summed E-state index contributed by atoms with van der Waals surface area (Å²) in [6.07, 6.45) is 8.07. The molecule has 2 nitrogen and oxygen atoms in total. The van der Waals surface area contributed by atoms with Crippen molar-refractivity contribution in [3.05, 3.63) is 24.3 Å². The number of hydrogen-bond acceptors (Lipinski definition) is 2. The highest BCUT2D eigenvalue weighted by Crippen LogP contribution is 2.64. The molecule has 0 aliphatic heterocycles. The van der Waals surface area contributed by atoms with E-state index in [1.807, 2.05) is 25.2 Å². The number of rotatable bonds is 1. The van der Waals surface area contributed by atoms with Crippen molar-refractivity contribution < 1.29 is 8.76 Å². The summed E-state index contributed by atoms with van der Waals surface area (Å²) in [4.78, 5) is 0. The number of hydrogen-bond donors (Lipinski definition) is 0. The van der Waals surface area contributed by atoms with Crippen LogP contribution < -0.4 is 0 Å². The average molecular weight is 225 g/mol. The zero-order chi connectivity index (χ0) is 11.5. The number of fused-ring (bicyclic) bond motifs is 1. The average Bonchev–Trinajstić information content (AvgIpc) is 2.12. The van der Waals surface area contributed by atoms with Gasteiger partial charge in [-0.25, -0.2) is 0 Å². The van der Waals surface area contributed by atoms with Crippen LogP contribution in [0.4, 0.5) is 0 Å². The molecule has 3 heteroatoms. The van der Waals surface area contributed by atoms with Crippen molar-refractivity contribution in [1.82, 2.24) is 0 Å². The molecule has 0 spiro atoms. The molecule has 0 aromatic rings. The van der Waals surface area contributed by atoms with Gasteiger partial charge in [0.15, 0.2) is 0 Å². The van der Waals surface area contributed by atoms with Crippen LogP contribution in [0.1, 0.15) is 27.7 Å². The van der Waals surface area contributed by atoms with Gasteiger partial charge in [0, 0.05) is 16.1 Å². The van der Waals surface area contributed by atoms with Crippen LogP contribution in [-0.4, -0.2) is 14.0 Å². The highest BCUT2D eigenvalue weighted by atomic mass is 32.2. The Morgan fingerprint density at radius 1 is 1.13 bits per heavy atom. The van der Waals surface area contributed by atoms with Crippen LogP contribution >= 0.6 is 0 Å². The maximum atomic E-state index is 11.2. The van der Waals surface area contributed by atoms with E-state index < -0.39 is 11.1 Å². The lowest BCUT2D eigenvalue weighted by Gasteiger charge is -2.62. The van der Waals surface area contributed by atoms with Crippen molar-refractivity contribution in [3.8, 4) is 0 Å². The van der Waals surface area contributed by atoms with Crippen molar-refractivity contribution in [2.24, 2.45) is 16.2 Å². The molecule has 4 atom stereocenters. The molecule has 0 fully saturated rings. The van der Waals surface area contributed by atoms with E-state index in [1.54, 1.807) is 0 Å². The van der Waals surface area contributed by atoms with Crippen LogP contribution in [0, 0.1) is 16.2 Å². The van der Waals surface area contributed by atoms with E-state index in [1.165, 1.54) is 0 Å². The molecule has 0 saturated heterocycles. The minimum atomic E-state index is -2.04. The Balaban J connectivity index is 2.55. The lowest BCUT2D eigenvalue weighted by Crippen LogP contribution is -2.59. The summed E-state index contributed by atoms with van der Waals surface area (Å²) in [5, 5.41) is -0.388. The zero-order valence-electron chi connectivity index (χ0n) is 9.61. The van der Waals surface area contributed by atoms with Gasteiger partial charge in [-0.05, 0) is 16.5 Å². The second-order valence-corrected chi connectivity index (χ2v) is 6.61. The Bertz CT molecular complexity index is 383. The predicted octanol–water partition coefficient (Wildman–Crippen LogP) is 2.41. The first kappa shape index (κ1) is 11.1. The van der Waals surface area contributed by atoms with Gasteiger partial charge in [0.2, 0.25) is 0 Å². The molecule has 4 unspecified atom stereocenters. The van der Waals surface area contributed by atoms with Crippen LogP contribution in [0.25, 0.3) is 0 Å². The van der Waals surface area contributed by atoms with Gasteiger partial charge in [0.05, 0.1) is 0 Å². The Labute approximate surface area is 93.7 Å². The maximum Gasteiger partial charge on any atom is 0.0492 e. The first-order chi connectivity index (χ1) is 6.75. The molecule has 0 N–H and O–H groups in total. The third kappa shape index (κ3) is 1.11. The van der Waals surface area contributed by atoms with Gasteiger partial charge in [0.25, 0.3) is 0 Å². The van der Waals surface area contributed by atoms with Crippen molar-refractivity contribution in [1.29, 1.82) is 0 Å². The second-order valence-electron chi connectivity index (χ2n) is 5.58. The molecule has 15 heavy (non-hydrogen) atoms. The number of allylic oxidation sites excluding steroid dienone is 3. The Kier molecular flexibility index (Phi) is 2.09. The van der Waals surface area contributed by atoms with Gasteiger partial charge < -0.3 is 4.55 Å². The first-order valence-corrected chi connectivity index (χ1v) is 6.36. The standard InChI is InChI=1S/C12H18O2S/c1-10(2)6-5-9(15(13)14)11(3)7-8-12(10,11)4/h5-9H,1-4H3,(H,13,14)/p-1. The molecule has 84 valence electrons.